The van der Waals surface area contributed by atoms with Crippen molar-refractivity contribution in [1.82, 2.24) is 0 Å². The maximum absolute atomic E-state index is 13.0. The predicted octanol–water partition coefficient (Wildman–Crippen LogP) is 17.6. The Labute approximate surface area is 510 Å². The molecular formula is C65H122O17P2. The third kappa shape index (κ3) is 57.3. The number of unbranched alkanes of at least 4 members (excludes halogenated alkanes) is 28. The van der Waals surface area contributed by atoms with Crippen molar-refractivity contribution in [1.29, 1.82) is 0 Å². The summed E-state index contributed by atoms with van der Waals surface area (Å²) < 4.78 is 67.8. The maximum atomic E-state index is 13.0. The summed E-state index contributed by atoms with van der Waals surface area (Å²) >= 11 is 0. The fourth-order valence-corrected chi connectivity index (χ4v) is 10.7. The van der Waals surface area contributed by atoms with Crippen molar-refractivity contribution in [3.05, 3.63) is 24.3 Å². The molecule has 0 bridgehead atoms. The number of ether oxygens (including phenoxy) is 4. The second-order valence-electron chi connectivity index (χ2n) is 23.5. The average molecular weight is 1240 g/mol. The standard InChI is InChI=1S/C65H122O17P2/c1-7-10-12-14-15-16-17-18-19-20-21-26-31-37-43-49-64(69)82-61(54-76-63(68)48-42-36-30-25-23-22-24-29-35-40-46-58(6)9-3)56-80-84(73,74)78-52-59(66)51-77-83(71,72)79-55-60(53-75-62(67)47-41-33-13-11-8-2)81-65(70)50-44-38-32-27-28-34-39-45-57(4)5/h16-19,57-61,66H,7-15,20-56H2,1-6H3,(H,71,72)(H,73,74)/b17-16-,19-18-/t58?,59-,60+,61+/m0/s1. The number of hydrogen-bond donors (Lipinski definition) is 3. The molecule has 0 fully saturated rings. The van der Waals surface area contributed by atoms with E-state index in [1.807, 2.05) is 0 Å². The Hall–Kier alpha value is -2.46. The molecule has 0 spiro atoms. The first-order valence-electron chi connectivity index (χ1n) is 33.3. The van der Waals surface area contributed by atoms with E-state index in [1.165, 1.54) is 96.3 Å². The first kappa shape index (κ1) is 81.5. The SMILES string of the molecule is CCCCCC/C=C\C=C/CCCCCCCC(=O)O[C@H](COC(=O)CCCCCCCCCCCCC(C)CC)COP(=O)(O)OC[C@@H](O)COP(=O)(O)OC[C@@H](COC(=O)CCCCCCC)OC(=O)CCCCCCCCCC(C)C. The Kier molecular flexibility index (Phi) is 55.3. The summed E-state index contributed by atoms with van der Waals surface area (Å²) in [6, 6.07) is 0. The fourth-order valence-electron chi connectivity index (χ4n) is 9.14. The quantitative estimate of drug-likeness (QED) is 0.0169. The number of carbonyl (C=O) groups is 4. The van der Waals surface area contributed by atoms with Gasteiger partial charge < -0.3 is 33.8 Å². The zero-order valence-corrected chi connectivity index (χ0v) is 55.5. The lowest BCUT2D eigenvalue weighted by atomic mass is 9.99. The van der Waals surface area contributed by atoms with E-state index >= 15 is 0 Å². The second kappa shape index (κ2) is 57.0. The third-order valence-electron chi connectivity index (χ3n) is 14.7. The van der Waals surface area contributed by atoms with Gasteiger partial charge in [-0.3, -0.25) is 37.3 Å². The molecule has 0 rings (SSSR count). The molecule has 0 heterocycles. The average Bonchev–Trinajstić information content (AvgIpc) is 3.64. The van der Waals surface area contributed by atoms with Crippen molar-refractivity contribution in [2.24, 2.45) is 11.8 Å². The lowest BCUT2D eigenvalue weighted by molar-refractivity contribution is -0.161. The Morgan fingerprint density at radius 1 is 0.393 bits per heavy atom. The predicted molar refractivity (Wildman–Crippen MR) is 335 cm³/mol. The van der Waals surface area contributed by atoms with Gasteiger partial charge in [0.15, 0.2) is 12.2 Å². The summed E-state index contributed by atoms with van der Waals surface area (Å²) in [4.78, 5) is 72.0. The van der Waals surface area contributed by atoms with Crippen molar-refractivity contribution in [2.75, 3.05) is 39.6 Å². The molecule has 84 heavy (non-hydrogen) atoms. The molecule has 3 N–H and O–H groups in total. The number of rotatable bonds is 62. The van der Waals surface area contributed by atoms with Crippen LogP contribution in [0.1, 0.15) is 298 Å². The maximum Gasteiger partial charge on any atom is 0.472 e. The van der Waals surface area contributed by atoms with Gasteiger partial charge in [-0.05, 0) is 63.2 Å². The van der Waals surface area contributed by atoms with E-state index in [0.29, 0.717) is 31.6 Å². The summed E-state index contributed by atoms with van der Waals surface area (Å²) in [6.45, 7) is 9.31. The number of phosphoric ester groups is 2. The van der Waals surface area contributed by atoms with Crippen LogP contribution in [0.5, 0.6) is 0 Å². The van der Waals surface area contributed by atoms with E-state index in [-0.39, 0.29) is 25.7 Å². The van der Waals surface area contributed by atoms with Gasteiger partial charge in [-0.2, -0.15) is 0 Å². The molecule has 19 heteroatoms. The van der Waals surface area contributed by atoms with Crippen LogP contribution in [0.15, 0.2) is 24.3 Å². The number of hydrogen-bond acceptors (Lipinski definition) is 15. The lowest BCUT2D eigenvalue weighted by Gasteiger charge is -2.21. The largest absolute Gasteiger partial charge is 0.472 e. The van der Waals surface area contributed by atoms with Crippen LogP contribution in [0.3, 0.4) is 0 Å². The number of aliphatic hydroxyl groups excluding tert-OH is 1. The minimum Gasteiger partial charge on any atom is -0.462 e. The fraction of sp³-hybridized carbons (Fsp3) is 0.877. The molecule has 0 aromatic heterocycles. The molecule has 0 amide bonds. The molecular weight excluding hydrogens is 1110 g/mol. The summed E-state index contributed by atoms with van der Waals surface area (Å²) in [6.07, 6.45) is 42.9. The van der Waals surface area contributed by atoms with E-state index in [1.54, 1.807) is 0 Å². The number of aliphatic hydroxyl groups is 1. The molecule has 3 unspecified atom stereocenters. The van der Waals surface area contributed by atoms with Crippen molar-refractivity contribution in [3.8, 4) is 0 Å². The number of carbonyl (C=O) groups excluding carboxylic acids is 4. The minimum absolute atomic E-state index is 0.0844. The van der Waals surface area contributed by atoms with Crippen molar-refractivity contribution < 1.29 is 80.2 Å². The molecule has 17 nitrogen and oxygen atoms in total. The Balaban J connectivity index is 5.23. The van der Waals surface area contributed by atoms with Gasteiger partial charge in [-0.25, -0.2) is 9.13 Å². The van der Waals surface area contributed by atoms with Crippen LogP contribution in [0.2, 0.25) is 0 Å². The summed E-state index contributed by atoms with van der Waals surface area (Å²) in [7, 11) is -9.89. The smallest absolute Gasteiger partial charge is 0.462 e. The Bertz CT molecular complexity index is 1740. The lowest BCUT2D eigenvalue weighted by Crippen LogP contribution is -2.30. The third-order valence-corrected chi connectivity index (χ3v) is 16.6. The molecule has 6 atom stereocenters. The number of allylic oxidation sites excluding steroid dienone is 4. The molecule has 0 radical (unpaired) electrons. The summed E-state index contributed by atoms with van der Waals surface area (Å²) in [5.74, 6) is -0.674. The van der Waals surface area contributed by atoms with Gasteiger partial charge in [-0.15, -0.1) is 0 Å². The zero-order valence-electron chi connectivity index (χ0n) is 53.7. The van der Waals surface area contributed by atoms with E-state index < -0.39 is 97.5 Å². The molecule has 0 aliphatic heterocycles. The van der Waals surface area contributed by atoms with E-state index in [4.69, 9.17) is 37.0 Å². The molecule has 0 aliphatic rings. The topological polar surface area (TPSA) is 237 Å². The van der Waals surface area contributed by atoms with Gasteiger partial charge >= 0.3 is 39.5 Å². The van der Waals surface area contributed by atoms with E-state index in [2.05, 4.69) is 65.8 Å². The van der Waals surface area contributed by atoms with Crippen LogP contribution < -0.4 is 0 Å². The van der Waals surface area contributed by atoms with Crippen LogP contribution in [-0.2, 0) is 65.4 Å². The second-order valence-corrected chi connectivity index (χ2v) is 26.4. The molecule has 0 saturated carbocycles. The number of phosphoric acid groups is 2. The summed E-state index contributed by atoms with van der Waals surface area (Å²) in [5.41, 5.74) is 0. The molecule has 0 aromatic rings. The van der Waals surface area contributed by atoms with Crippen LogP contribution in [0.4, 0.5) is 0 Å². The van der Waals surface area contributed by atoms with Crippen molar-refractivity contribution in [2.45, 2.75) is 317 Å². The van der Waals surface area contributed by atoms with Gasteiger partial charge in [0.2, 0.25) is 0 Å². The Morgan fingerprint density at radius 3 is 1.07 bits per heavy atom. The highest BCUT2D eigenvalue weighted by molar-refractivity contribution is 7.47. The van der Waals surface area contributed by atoms with Gasteiger partial charge in [0.05, 0.1) is 26.4 Å². The van der Waals surface area contributed by atoms with Crippen LogP contribution in [0, 0.1) is 11.8 Å². The summed E-state index contributed by atoms with van der Waals surface area (Å²) in [5, 5.41) is 10.5. The van der Waals surface area contributed by atoms with E-state index in [9.17, 15) is 43.2 Å². The van der Waals surface area contributed by atoms with Gasteiger partial charge in [0.1, 0.15) is 19.3 Å². The van der Waals surface area contributed by atoms with Gasteiger partial charge in [0.25, 0.3) is 0 Å². The highest BCUT2D eigenvalue weighted by atomic mass is 31.2. The van der Waals surface area contributed by atoms with Crippen LogP contribution in [-0.4, -0.2) is 96.7 Å². The Morgan fingerprint density at radius 2 is 0.702 bits per heavy atom. The zero-order chi connectivity index (χ0) is 62.2. The molecule has 0 saturated heterocycles. The first-order valence-corrected chi connectivity index (χ1v) is 36.3. The minimum atomic E-state index is -4.95. The highest BCUT2D eigenvalue weighted by Gasteiger charge is 2.30. The monoisotopic (exact) mass is 1240 g/mol. The van der Waals surface area contributed by atoms with Crippen molar-refractivity contribution in [3.63, 3.8) is 0 Å². The molecule has 0 aromatic carbocycles. The van der Waals surface area contributed by atoms with Crippen LogP contribution in [0.25, 0.3) is 0 Å². The normalized spacial score (nSPS) is 14.8. The molecule has 0 aliphatic carbocycles. The van der Waals surface area contributed by atoms with Gasteiger partial charge in [-0.1, -0.05) is 246 Å². The molecule has 494 valence electrons. The van der Waals surface area contributed by atoms with E-state index in [0.717, 1.165) is 115 Å². The van der Waals surface area contributed by atoms with Crippen LogP contribution >= 0.6 is 15.6 Å². The highest BCUT2D eigenvalue weighted by Crippen LogP contribution is 2.45. The number of esters is 4. The first-order chi connectivity index (χ1) is 40.4. The van der Waals surface area contributed by atoms with Crippen molar-refractivity contribution >= 4 is 39.5 Å². The van der Waals surface area contributed by atoms with Gasteiger partial charge in [0, 0.05) is 25.7 Å².